The number of benzene rings is 1. The Morgan fingerprint density at radius 2 is 2.19 bits per heavy atom. The van der Waals surface area contributed by atoms with Gasteiger partial charge in [0.2, 0.25) is 12.7 Å². The molecule has 0 bridgehead atoms. The normalized spacial score (nSPS) is 21.7. The Hall–Kier alpha value is -2.28. The van der Waals surface area contributed by atoms with Gasteiger partial charge in [0.05, 0.1) is 5.69 Å². The van der Waals surface area contributed by atoms with Gasteiger partial charge in [-0.25, -0.2) is 4.98 Å². The van der Waals surface area contributed by atoms with Crippen molar-refractivity contribution in [2.45, 2.75) is 39.0 Å². The van der Waals surface area contributed by atoms with Crippen LogP contribution in [-0.2, 0) is 17.6 Å². The Morgan fingerprint density at radius 1 is 1.33 bits per heavy atom. The number of anilines is 1. The van der Waals surface area contributed by atoms with Gasteiger partial charge < -0.3 is 20.1 Å². The molecule has 1 saturated heterocycles. The largest absolute Gasteiger partial charge is 0.454 e. The molecule has 0 aliphatic carbocycles. The molecule has 0 unspecified atom stereocenters. The van der Waals surface area contributed by atoms with Gasteiger partial charge in [-0.2, -0.15) is 0 Å². The van der Waals surface area contributed by atoms with Crippen molar-refractivity contribution in [3.8, 4) is 11.5 Å². The summed E-state index contributed by atoms with van der Waals surface area (Å²) in [4.78, 5) is 18.7. The highest BCUT2D eigenvalue weighted by molar-refractivity contribution is 7.13. The molecule has 1 amide bonds. The average molecular weight is 388 g/mol. The first-order valence-corrected chi connectivity index (χ1v) is 10.2. The van der Waals surface area contributed by atoms with E-state index in [1.807, 2.05) is 16.3 Å². The quantitative estimate of drug-likeness (QED) is 0.823. The summed E-state index contributed by atoms with van der Waals surface area (Å²) in [6.07, 6.45) is 4.23. The first kappa shape index (κ1) is 18.1. The standard InChI is InChI=1S/C20H25N3O3S/c1-20(10-14-4-5-16-17(9-14)26-13-25-16)7-6-18(24)23(12-20)8-2-3-15-11-27-19(21)22-15/h4-5,9,11H,2-3,6-8,10,12-13H2,1H3,(H2,21,22)/t20-/m1/s1. The number of piperidine rings is 1. The fourth-order valence-corrected chi connectivity index (χ4v) is 4.57. The van der Waals surface area contributed by atoms with Crippen molar-refractivity contribution in [1.82, 2.24) is 9.88 Å². The number of aromatic nitrogens is 1. The minimum atomic E-state index is 0.0761. The van der Waals surface area contributed by atoms with Gasteiger partial charge >= 0.3 is 0 Å². The molecule has 2 N–H and O–H groups in total. The maximum atomic E-state index is 12.4. The molecule has 2 aliphatic heterocycles. The van der Waals surface area contributed by atoms with Gasteiger partial charge in [-0.1, -0.05) is 13.0 Å². The van der Waals surface area contributed by atoms with Crippen LogP contribution in [0.25, 0.3) is 0 Å². The van der Waals surface area contributed by atoms with E-state index in [4.69, 9.17) is 15.2 Å². The lowest BCUT2D eigenvalue weighted by Gasteiger charge is -2.40. The first-order valence-electron chi connectivity index (χ1n) is 9.37. The number of hydrogen-bond acceptors (Lipinski definition) is 6. The van der Waals surface area contributed by atoms with Crippen molar-refractivity contribution in [2.24, 2.45) is 5.41 Å². The molecule has 6 nitrogen and oxygen atoms in total. The first-order chi connectivity index (χ1) is 13.0. The van der Waals surface area contributed by atoms with Gasteiger partial charge in [-0.05, 0) is 48.8 Å². The maximum absolute atomic E-state index is 12.4. The Bertz CT molecular complexity index is 838. The molecule has 7 heteroatoms. The van der Waals surface area contributed by atoms with Crippen molar-refractivity contribution >= 4 is 22.4 Å². The van der Waals surface area contributed by atoms with E-state index in [1.165, 1.54) is 16.9 Å². The number of likely N-dealkylation sites (tertiary alicyclic amines) is 1. The predicted molar refractivity (Wildman–Crippen MR) is 105 cm³/mol. The maximum Gasteiger partial charge on any atom is 0.231 e. The van der Waals surface area contributed by atoms with Crippen molar-refractivity contribution in [3.63, 3.8) is 0 Å². The average Bonchev–Trinajstić information content (AvgIpc) is 3.26. The summed E-state index contributed by atoms with van der Waals surface area (Å²) in [6, 6.07) is 6.15. The molecular weight excluding hydrogens is 362 g/mol. The molecule has 1 fully saturated rings. The zero-order valence-electron chi connectivity index (χ0n) is 15.6. The van der Waals surface area contributed by atoms with Gasteiger partial charge in [0.25, 0.3) is 0 Å². The van der Waals surface area contributed by atoms with Crippen LogP contribution in [0.5, 0.6) is 11.5 Å². The molecule has 0 spiro atoms. The van der Waals surface area contributed by atoms with Crippen molar-refractivity contribution < 1.29 is 14.3 Å². The number of hydrogen-bond donors (Lipinski definition) is 1. The topological polar surface area (TPSA) is 77.7 Å². The second-order valence-electron chi connectivity index (χ2n) is 7.77. The lowest BCUT2D eigenvalue weighted by Crippen LogP contribution is -2.46. The zero-order valence-corrected chi connectivity index (χ0v) is 16.4. The molecule has 0 radical (unpaired) electrons. The van der Waals surface area contributed by atoms with Crippen molar-refractivity contribution in [2.75, 3.05) is 25.6 Å². The summed E-state index contributed by atoms with van der Waals surface area (Å²) in [5, 5.41) is 2.60. The molecule has 3 heterocycles. The van der Waals surface area contributed by atoms with Gasteiger partial charge in [0, 0.05) is 24.9 Å². The molecule has 27 heavy (non-hydrogen) atoms. The van der Waals surface area contributed by atoms with Crippen LogP contribution in [0.2, 0.25) is 0 Å². The van der Waals surface area contributed by atoms with Gasteiger partial charge in [0.1, 0.15) is 0 Å². The van der Waals surface area contributed by atoms with E-state index in [0.29, 0.717) is 18.3 Å². The SMILES string of the molecule is C[C@]1(Cc2ccc3c(c2)OCO3)CCC(=O)N(CCCc2csc(N)n2)C1. The number of nitrogens with zero attached hydrogens (tertiary/aromatic N) is 2. The van der Waals surface area contributed by atoms with Gasteiger partial charge in [0.15, 0.2) is 16.6 Å². The number of ether oxygens (including phenoxy) is 2. The minimum absolute atomic E-state index is 0.0761. The van der Waals surface area contributed by atoms with Crippen LogP contribution in [0.4, 0.5) is 5.13 Å². The van der Waals surface area contributed by atoms with Crippen LogP contribution >= 0.6 is 11.3 Å². The highest BCUT2D eigenvalue weighted by Crippen LogP contribution is 2.37. The molecule has 4 rings (SSSR count). The third-order valence-electron chi connectivity index (χ3n) is 5.37. The number of aryl methyl sites for hydroxylation is 1. The number of amides is 1. The molecule has 1 aromatic carbocycles. The van der Waals surface area contributed by atoms with Gasteiger partial charge in [-0.3, -0.25) is 4.79 Å². The van der Waals surface area contributed by atoms with E-state index >= 15 is 0 Å². The van der Waals surface area contributed by atoms with E-state index in [-0.39, 0.29) is 11.3 Å². The van der Waals surface area contributed by atoms with E-state index < -0.39 is 0 Å². The Morgan fingerprint density at radius 3 is 3.00 bits per heavy atom. The number of carbonyl (C=O) groups excluding carboxylic acids is 1. The number of nitrogen functional groups attached to an aromatic ring is 1. The summed E-state index contributed by atoms with van der Waals surface area (Å²) < 4.78 is 10.9. The Balaban J connectivity index is 1.36. The highest BCUT2D eigenvalue weighted by Gasteiger charge is 2.35. The second-order valence-corrected chi connectivity index (χ2v) is 8.66. The monoisotopic (exact) mass is 387 g/mol. The number of carbonyl (C=O) groups is 1. The van der Waals surface area contributed by atoms with Gasteiger partial charge in [-0.15, -0.1) is 11.3 Å². The molecule has 2 aromatic rings. The zero-order chi connectivity index (χ0) is 18.9. The fraction of sp³-hybridized carbons (Fsp3) is 0.500. The predicted octanol–water partition coefficient (Wildman–Crippen LogP) is 3.26. The number of rotatable bonds is 6. The van der Waals surface area contributed by atoms with Crippen LogP contribution in [0.3, 0.4) is 0 Å². The molecule has 1 aromatic heterocycles. The number of nitrogens with two attached hydrogens (primary N) is 1. The number of fused-ring (bicyclic) bond motifs is 1. The number of thiazole rings is 1. The smallest absolute Gasteiger partial charge is 0.231 e. The van der Waals surface area contributed by atoms with Crippen LogP contribution in [0, 0.1) is 5.41 Å². The summed E-state index contributed by atoms with van der Waals surface area (Å²) in [5.41, 5.74) is 8.01. The van der Waals surface area contributed by atoms with Crippen molar-refractivity contribution in [1.29, 1.82) is 0 Å². The fourth-order valence-electron chi connectivity index (χ4n) is 3.98. The molecule has 144 valence electrons. The van der Waals surface area contributed by atoms with E-state index in [9.17, 15) is 4.79 Å². The highest BCUT2D eigenvalue weighted by atomic mass is 32.1. The van der Waals surface area contributed by atoms with Crippen LogP contribution < -0.4 is 15.2 Å². The summed E-state index contributed by atoms with van der Waals surface area (Å²) in [5.74, 6) is 1.89. The third kappa shape index (κ3) is 4.18. The van der Waals surface area contributed by atoms with E-state index in [1.54, 1.807) is 0 Å². The Kier molecular flexibility index (Phi) is 4.95. The molecule has 2 aliphatic rings. The van der Waals surface area contributed by atoms with Crippen LogP contribution in [0.15, 0.2) is 23.6 Å². The van der Waals surface area contributed by atoms with Crippen LogP contribution in [-0.4, -0.2) is 35.7 Å². The van der Waals surface area contributed by atoms with Crippen LogP contribution in [0.1, 0.15) is 37.4 Å². The molecule has 0 saturated carbocycles. The summed E-state index contributed by atoms with van der Waals surface area (Å²) in [7, 11) is 0. The minimum Gasteiger partial charge on any atom is -0.454 e. The second kappa shape index (κ2) is 7.38. The lowest BCUT2D eigenvalue weighted by atomic mass is 9.76. The lowest BCUT2D eigenvalue weighted by molar-refractivity contribution is -0.137. The van der Waals surface area contributed by atoms with E-state index in [0.717, 1.165) is 56.0 Å². The van der Waals surface area contributed by atoms with Crippen molar-refractivity contribution in [3.05, 3.63) is 34.8 Å². The summed E-state index contributed by atoms with van der Waals surface area (Å²) >= 11 is 1.47. The molecular formula is C20H25N3O3S. The molecule has 1 atom stereocenters. The third-order valence-corrected chi connectivity index (χ3v) is 6.09. The summed E-state index contributed by atoms with van der Waals surface area (Å²) in [6.45, 7) is 4.13. The van der Waals surface area contributed by atoms with E-state index in [2.05, 4.69) is 24.0 Å². The Labute approximate surface area is 163 Å².